The van der Waals surface area contributed by atoms with Crippen molar-refractivity contribution >= 4 is 15.9 Å². The fraction of sp³-hybridized carbons (Fsp3) is 0.143. The van der Waals surface area contributed by atoms with Crippen LogP contribution in [0.4, 0.5) is 0 Å². The van der Waals surface area contributed by atoms with E-state index in [9.17, 15) is 10.2 Å². The zero-order valence-corrected chi connectivity index (χ0v) is 10.8. The van der Waals surface area contributed by atoms with Gasteiger partial charge in [0.05, 0.1) is 6.10 Å². The molecule has 1 unspecified atom stereocenters. The molecule has 0 aromatic heterocycles. The summed E-state index contributed by atoms with van der Waals surface area (Å²) in [7, 11) is 0. The van der Waals surface area contributed by atoms with Crippen molar-refractivity contribution in [3.8, 4) is 5.75 Å². The van der Waals surface area contributed by atoms with E-state index in [4.69, 9.17) is 0 Å². The highest BCUT2D eigenvalue weighted by Crippen LogP contribution is 2.22. The number of aromatic hydroxyl groups is 1. The summed E-state index contributed by atoms with van der Waals surface area (Å²) < 4.78 is 0.958. The quantitative estimate of drug-likeness (QED) is 0.910. The number of phenols is 1. The third kappa shape index (κ3) is 3.32. The van der Waals surface area contributed by atoms with Crippen LogP contribution >= 0.6 is 15.9 Å². The molecule has 3 heteroatoms. The lowest BCUT2D eigenvalue weighted by Gasteiger charge is -2.11. The molecule has 0 aliphatic heterocycles. The normalized spacial score (nSPS) is 12.4. The van der Waals surface area contributed by atoms with E-state index >= 15 is 0 Å². The van der Waals surface area contributed by atoms with Gasteiger partial charge in [0.15, 0.2) is 0 Å². The molecule has 2 N–H and O–H groups in total. The van der Waals surface area contributed by atoms with E-state index in [1.54, 1.807) is 12.1 Å². The third-order valence-electron chi connectivity index (χ3n) is 2.60. The maximum absolute atomic E-state index is 10.1. The van der Waals surface area contributed by atoms with Crippen LogP contribution in [0, 0.1) is 0 Å². The number of benzene rings is 2. The van der Waals surface area contributed by atoms with Crippen LogP contribution in [0.3, 0.4) is 0 Å². The summed E-state index contributed by atoms with van der Waals surface area (Å²) in [6.07, 6.45) is 0.00791. The maximum atomic E-state index is 10.1. The van der Waals surface area contributed by atoms with Crippen LogP contribution < -0.4 is 0 Å². The second kappa shape index (κ2) is 5.34. The number of hydrogen-bond donors (Lipinski definition) is 2. The van der Waals surface area contributed by atoms with Gasteiger partial charge in [0.1, 0.15) is 5.75 Å². The van der Waals surface area contributed by atoms with Crippen molar-refractivity contribution in [1.82, 2.24) is 0 Å². The Labute approximate surface area is 109 Å². The van der Waals surface area contributed by atoms with E-state index < -0.39 is 6.10 Å². The molecule has 2 aromatic carbocycles. The molecule has 2 aromatic rings. The standard InChI is InChI=1S/C14H13BrO2/c15-12-3-1-2-11(9-12)14(17)8-10-4-6-13(16)7-5-10/h1-7,9,14,16-17H,8H2. The number of hydrogen-bond acceptors (Lipinski definition) is 2. The van der Waals surface area contributed by atoms with Crippen LogP contribution in [0.1, 0.15) is 17.2 Å². The Hall–Kier alpha value is -1.32. The van der Waals surface area contributed by atoms with Crippen LogP contribution in [0.25, 0.3) is 0 Å². The minimum atomic E-state index is -0.531. The predicted molar refractivity (Wildman–Crippen MR) is 70.9 cm³/mol. The van der Waals surface area contributed by atoms with Crippen LogP contribution in [0.5, 0.6) is 5.75 Å². The van der Waals surface area contributed by atoms with Crippen molar-refractivity contribution in [3.63, 3.8) is 0 Å². The van der Waals surface area contributed by atoms with E-state index in [2.05, 4.69) is 15.9 Å². The molecular formula is C14H13BrO2. The molecule has 0 amide bonds. The van der Waals surface area contributed by atoms with Crippen LogP contribution in [-0.2, 0) is 6.42 Å². The smallest absolute Gasteiger partial charge is 0.115 e. The highest BCUT2D eigenvalue weighted by atomic mass is 79.9. The van der Waals surface area contributed by atoms with Crippen molar-refractivity contribution in [2.45, 2.75) is 12.5 Å². The number of aliphatic hydroxyl groups excluding tert-OH is 1. The average molecular weight is 293 g/mol. The first kappa shape index (κ1) is 12.1. The lowest BCUT2D eigenvalue weighted by atomic mass is 10.0. The fourth-order valence-electron chi connectivity index (χ4n) is 1.69. The molecular weight excluding hydrogens is 280 g/mol. The summed E-state index contributed by atoms with van der Waals surface area (Å²) in [4.78, 5) is 0. The molecule has 0 saturated heterocycles. The number of rotatable bonds is 3. The van der Waals surface area contributed by atoms with Gasteiger partial charge in [-0.3, -0.25) is 0 Å². The first-order chi connectivity index (χ1) is 8.15. The zero-order chi connectivity index (χ0) is 12.3. The summed E-state index contributed by atoms with van der Waals surface area (Å²) in [6.45, 7) is 0. The maximum Gasteiger partial charge on any atom is 0.115 e. The van der Waals surface area contributed by atoms with E-state index in [1.807, 2.05) is 36.4 Å². The summed E-state index contributed by atoms with van der Waals surface area (Å²) in [5.41, 5.74) is 1.88. The Morgan fingerprint density at radius 3 is 2.41 bits per heavy atom. The van der Waals surface area contributed by atoms with Gasteiger partial charge in [-0.2, -0.15) is 0 Å². The predicted octanol–water partition coefficient (Wildman–Crippen LogP) is 3.43. The van der Waals surface area contributed by atoms with E-state index in [0.29, 0.717) is 6.42 Å². The van der Waals surface area contributed by atoms with Gasteiger partial charge in [-0.25, -0.2) is 0 Å². The van der Waals surface area contributed by atoms with Gasteiger partial charge in [-0.05, 0) is 35.4 Å². The second-order valence-electron chi connectivity index (χ2n) is 3.94. The van der Waals surface area contributed by atoms with Gasteiger partial charge in [-0.1, -0.05) is 40.2 Å². The van der Waals surface area contributed by atoms with Gasteiger partial charge in [0.2, 0.25) is 0 Å². The molecule has 0 aliphatic carbocycles. The van der Waals surface area contributed by atoms with Crippen LogP contribution in [-0.4, -0.2) is 10.2 Å². The van der Waals surface area contributed by atoms with Gasteiger partial charge in [-0.15, -0.1) is 0 Å². The number of phenolic OH excluding ortho intramolecular Hbond substituents is 1. The minimum Gasteiger partial charge on any atom is -0.508 e. The van der Waals surface area contributed by atoms with Gasteiger partial charge >= 0.3 is 0 Å². The molecule has 0 saturated carbocycles. The Bertz CT molecular complexity index is 494. The molecule has 0 radical (unpaired) electrons. The van der Waals surface area contributed by atoms with Crippen molar-refractivity contribution in [3.05, 3.63) is 64.1 Å². The molecule has 0 aliphatic rings. The average Bonchev–Trinajstić information content (AvgIpc) is 2.32. The molecule has 1 atom stereocenters. The Morgan fingerprint density at radius 2 is 1.76 bits per heavy atom. The van der Waals surface area contributed by atoms with Gasteiger partial charge in [0.25, 0.3) is 0 Å². The summed E-state index contributed by atoms with van der Waals surface area (Å²) >= 11 is 3.38. The van der Waals surface area contributed by atoms with Crippen LogP contribution in [0.15, 0.2) is 53.0 Å². The van der Waals surface area contributed by atoms with Crippen LogP contribution in [0.2, 0.25) is 0 Å². The summed E-state index contributed by atoms with van der Waals surface area (Å²) in [5, 5.41) is 19.3. The highest BCUT2D eigenvalue weighted by molar-refractivity contribution is 9.10. The van der Waals surface area contributed by atoms with E-state index in [1.165, 1.54) is 0 Å². The lowest BCUT2D eigenvalue weighted by Crippen LogP contribution is -2.01. The van der Waals surface area contributed by atoms with Gasteiger partial charge < -0.3 is 10.2 Å². The third-order valence-corrected chi connectivity index (χ3v) is 3.09. The largest absolute Gasteiger partial charge is 0.508 e. The Balaban J connectivity index is 2.11. The molecule has 0 fully saturated rings. The van der Waals surface area contributed by atoms with Crippen molar-refractivity contribution in [2.75, 3.05) is 0 Å². The first-order valence-electron chi connectivity index (χ1n) is 5.36. The topological polar surface area (TPSA) is 40.5 Å². The first-order valence-corrected chi connectivity index (χ1v) is 6.16. The lowest BCUT2D eigenvalue weighted by molar-refractivity contribution is 0.178. The molecule has 17 heavy (non-hydrogen) atoms. The van der Waals surface area contributed by atoms with E-state index in [0.717, 1.165) is 15.6 Å². The zero-order valence-electron chi connectivity index (χ0n) is 9.18. The SMILES string of the molecule is Oc1ccc(CC(O)c2cccc(Br)c2)cc1. The number of halogens is 1. The molecule has 0 heterocycles. The van der Waals surface area contributed by atoms with Crippen molar-refractivity contribution in [1.29, 1.82) is 0 Å². The minimum absolute atomic E-state index is 0.241. The monoisotopic (exact) mass is 292 g/mol. The molecule has 88 valence electrons. The van der Waals surface area contributed by atoms with Gasteiger partial charge in [0, 0.05) is 10.9 Å². The fourth-order valence-corrected chi connectivity index (χ4v) is 2.10. The Morgan fingerprint density at radius 1 is 1.06 bits per heavy atom. The Kier molecular flexibility index (Phi) is 3.82. The summed E-state index contributed by atoms with van der Waals surface area (Å²) in [5.74, 6) is 0.241. The molecule has 0 spiro atoms. The molecule has 0 bridgehead atoms. The van der Waals surface area contributed by atoms with E-state index in [-0.39, 0.29) is 5.75 Å². The van der Waals surface area contributed by atoms with Crippen molar-refractivity contribution in [2.24, 2.45) is 0 Å². The molecule has 2 rings (SSSR count). The number of aliphatic hydroxyl groups is 1. The highest BCUT2D eigenvalue weighted by Gasteiger charge is 2.08. The second-order valence-corrected chi connectivity index (χ2v) is 4.86. The van der Waals surface area contributed by atoms with Crippen molar-refractivity contribution < 1.29 is 10.2 Å². The molecule has 2 nitrogen and oxygen atoms in total. The summed E-state index contributed by atoms with van der Waals surface area (Å²) in [6, 6.07) is 14.5.